The predicted molar refractivity (Wildman–Crippen MR) is 98.7 cm³/mol. The molecule has 0 saturated carbocycles. The number of pyridine rings is 2. The number of carboxylic acids is 1. The highest BCUT2D eigenvalue weighted by atomic mass is 19.4. The summed E-state index contributed by atoms with van der Waals surface area (Å²) in [5.74, 6) is -0.985. The van der Waals surface area contributed by atoms with E-state index in [2.05, 4.69) is 15.1 Å². The Morgan fingerprint density at radius 3 is 2.62 bits per heavy atom. The van der Waals surface area contributed by atoms with Gasteiger partial charge >= 0.3 is 12.1 Å². The summed E-state index contributed by atoms with van der Waals surface area (Å²) in [5.41, 5.74) is -0.176. The van der Waals surface area contributed by atoms with E-state index in [1.54, 1.807) is 18.2 Å². The van der Waals surface area contributed by atoms with Crippen molar-refractivity contribution in [2.45, 2.75) is 6.18 Å². The average Bonchev–Trinajstić information content (AvgIpc) is 3.12. The molecule has 0 atom stereocenters. The van der Waals surface area contributed by atoms with Crippen molar-refractivity contribution in [3.63, 3.8) is 0 Å². The lowest BCUT2D eigenvalue weighted by Crippen LogP contribution is -2.08. The number of hydrogen-bond donors (Lipinski definition) is 2. The summed E-state index contributed by atoms with van der Waals surface area (Å²) in [6.45, 7) is 0. The second kappa shape index (κ2) is 6.59. The molecule has 1 aromatic carbocycles. The average molecular weight is 400 g/mol. The molecule has 146 valence electrons. The molecule has 0 unspecified atom stereocenters. The van der Waals surface area contributed by atoms with Crippen LogP contribution in [0, 0.1) is 0 Å². The number of aromatic amines is 1. The van der Waals surface area contributed by atoms with Crippen LogP contribution in [0.2, 0.25) is 0 Å². The van der Waals surface area contributed by atoms with Crippen molar-refractivity contribution >= 4 is 33.9 Å². The van der Waals surface area contributed by atoms with Crippen LogP contribution >= 0.6 is 0 Å². The van der Waals surface area contributed by atoms with Crippen molar-refractivity contribution in [1.29, 1.82) is 0 Å². The van der Waals surface area contributed by atoms with Gasteiger partial charge in [0.05, 0.1) is 5.56 Å². The Hall–Kier alpha value is -3.95. The zero-order chi connectivity index (χ0) is 20.8. The summed E-state index contributed by atoms with van der Waals surface area (Å²) >= 11 is 0. The van der Waals surface area contributed by atoms with Gasteiger partial charge in [-0.05, 0) is 35.9 Å². The molecule has 0 radical (unpaired) electrons. The minimum Gasteiger partial charge on any atom is -0.478 e. The van der Waals surface area contributed by atoms with Crippen LogP contribution in [0.5, 0.6) is 0 Å². The molecule has 0 saturated heterocycles. The predicted octanol–water partition coefficient (Wildman–Crippen LogP) is 3.38. The largest absolute Gasteiger partial charge is 0.478 e. The van der Waals surface area contributed by atoms with Crippen molar-refractivity contribution < 1.29 is 23.1 Å². The van der Waals surface area contributed by atoms with E-state index in [9.17, 15) is 22.8 Å². The molecular weight excluding hydrogens is 389 g/mol. The van der Waals surface area contributed by atoms with E-state index in [0.29, 0.717) is 28.0 Å². The van der Waals surface area contributed by atoms with Crippen molar-refractivity contribution in [3.8, 4) is 5.82 Å². The molecule has 0 aliphatic rings. The first-order chi connectivity index (χ1) is 13.7. The number of nitrogens with one attached hydrogen (secondary N) is 1. The fraction of sp³-hybridized carbons (Fsp3) is 0.0526. The third-order valence-electron chi connectivity index (χ3n) is 4.24. The van der Waals surface area contributed by atoms with Crippen molar-refractivity contribution in [2.24, 2.45) is 0 Å². The number of carbonyl (C=O) groups is 1. The molecule has 3 aromatic heterocycles. The number of hydrogen-bond acceptors (Lipinski definition) is 4. The lowest BCUT2D eigenvalue weighted by atomic mass is 10.1. The first kappa shape index (κ1) is 18.4. The van der Waals surface area contributed by atoms with Crippen LogP contribution < -0.4 is 5.56 Å². The maximum Gasteiger partial charge on any atom is 0.417 e. The summed E-state index contributed by atoms with van der Waals surface area (Å²) in [6.07, 6.45) is 0.0692. The van der Waals surface area contributed by atoms with E-state index in [-0.39, 0.29) is 11.3 Å². The van der Waals surface area contributed by atoms with Crippen molar-refractivity contribution in [1.82, 2.24) is 19.7 Å². The number of nitrogens with zero attached hydrogens (tertiary/aromatic N) is 3. The molecule has 3 heterocycles. The Morgan fingerprint density at radius 1 is 1.17 bits per heavy atom. The van der Waals surface area contributed by atoms with Gasteiger partial charge in [-0.15, -0.1) is 0 Å². The Labute approximate surface area is 159 Å². The summed E-state index contributed by atoms with van der Waals surface area (Å²) in [4.78, 5) is 29.5. The highest BCUT2D eigenvalue weighted by molar-refractivity contribution is 6.04. The molecule has 0 aliphatic carbocycles. The van der Waals surface area contributed by atoms with Gasteiger partial charge in [-0.1, -0.05) is 6.07 Å². The molecule has 0 amide bonds. The number of fused-ring (bicyclic) bond motifs is 3. The molecule has 7 nitrogen and oxygen atoms in total. The smallest absolute Gasteiger partial charge is 0.417 e. The van der Waals surface area contributed by atoms with E-state index < -0.39 is 23.3 Å². The maximum absolute atomic E-state index is 12.7. The first-order valence-electron chi connectivity index (χ1n) is 8.22. The molecule has 0 spiro atoms. The van der Waals surface area contributed by atoms with Gasteiger partial charge < -0.3 is 10.1 Å². The van der Waals surface area contributed by atoms with Gasteiger partial charge in [-0.2, -0.15) is 18.3 Å². The Bertz CT molecular complexity index is 1340. The summed E-state index contributed by atoms with van der Waals surface area (Å²) < 4.78 is 39.4. The third kappa shape index (κ3) is 3.47. The summed E-state index contributed by atoms with van der Waals surface area (Å²) in [5, 5.41) is 14.0. The molecule has 4 rings (SSSR count). The van der Waals surface area contributed by atoms with Crippen LogP contribution in [0.3, 0.4) is 0 Å². The van der Waals surface area contributed by atoms with Crippen LogP contribution in [0.4, 0.5) is 13.2 Å². The van der Waals surface area contributed by atoms with Gasteiger partial charge in [0.1, 0.15) is 0 Å². The van der Waals surface area contributed by atoms with Gasteiger partial charge in [0.25, 0.3) is 5.56 Å². The lowest BCUT2D eigenvalue weighted by Gasteiger charge is -2.06. The third-order valence-corrected chi connectivity index (χ3v) is 4.24. The van der Waals surface area contributed by atoms with Crippen LogP contribution in [0.25, 0.3) is 33.7 Å². The van der Waals surface area contributed by atoms with E-state index in [4.69, 9.17) is 5.11 Å². The SMILES string of the molecule is O=C(O)/C=C/c1ccc2[nH]c(=O)c3nn(-c4ccc(C(F)(F)F)cn4)cc3c2c1. The summed E-state index contributed by atoms with van der Waals surface area (Å²) in [7, 11) is 0. The fourth-order valence-electron chi connectivity index (χ4n) is 2.89. The highest BCUT2D eigenvalue weighted by Crippen LogP contribution is 2.29. The standard InChI is InChI=1S/C19H11F3N4O3/c20-19(21,22)11-3-5-15(23-8-11)26-9-13-12-7-10(2-6-16(27)28)1-4-14(12)24-18(29)17(13)25-26/h1-9H,(H,24,29)(H,27,28)/b6-2+. The topological polar surface area (TPSA) is 101 Å². The number of aliphatic carboxylic acids is 1. The van der Waals surface area contributed by atoms with Gasteiger partial charge in [-0.25, -0.2) is 14.5 Å². The number of rotatable bonds is 3. The number of carboxylic acid groups (broad SMARTS) is 1. The number of halogens is 3. The summed E-state index contributed by atoms with van der Waals surface area (Å²) in [6, 6.07) is 6.99. The normalized spacial score (nSPS) is 12.2. The first-order valence-corrected chi connectivity index (χ1v) is 8.22. The molecule has 29 heavy (non-hydrogen) atoms. The van der Waals surface area contributed by atoms with E-state index in [1.165, 1.54) is 17.0 Å². The number of H-pyrrole nitrogens is 1. The molecule has 4 aromatic rings. The molecule has 0 aliphatic heterocycles. The van der Waals surface area contributed by atoms with Crippen molar-refractivity contribution in [3.05, 3.63) is 70.3 Å². The lowest BCUT2D eigenvalue weighted by molar-refractivity contribution is -0.137. The van der Waals surface area contributed by atoms with Crippen LogP contribution in [-0.2, 0) is 11.0 Å². The number of benzene rings is 1. The van der Waals surface area contributed by atoms with Gasteiger partial charge in [0.2, 0.25) is 0 Å². The van der Waals surface area contributed by atoms with Gasteiger partial charge in [0.15, 0.2) is 11.3 Å². The maximum atomic E-state index is 12.7. The van der Waals surface area contributed by atoms with Crippen molar-refractivity contribution in [2.75, 3.05) is 0 Å². The van der Waals surface area contributed by atoms with Crippen LogP contribution in [-0.4, -0.2) is 30.8 Å². The van der Waals surface area contributed by atoms with E-state index in [0.717, 1.165) is 18.2 Å². The zero-order valence-corrected chi connectivity index (χ0v) is 14.4. The van der Waals surface area contributed by atoms with Crippen LogP contribution in [0.1, 0.15) is 11.1 Å². The van der Waals surface area contributed by atoms with E-state index >= 15 is 0 Å². The van der Waals surface area contributed by atoms with Gasteiger partial charge in [-0.3, -0.25) is 4.79 Å². The Kier molecular flexibility index (Phi) is 4.18. The number of aromatic nitrogens is 4. The minimum atomic E-state index is -4.51. The second-order valence-corrected chi connectivity index (χ2v) is 6.17. The number of alkyl halides is 3. The van der Waals surface area contributed by atoms with E-state index in [1.807, 2.05) is 0 Å². The zero-order valence-electron chi connectivity index (χ0n) is 14.4. The Morgan fingerprint density at radius 2 is 1.97 bits per heavy atom. The Balaban J connectivity index is 1.86. The highest BCUT2D eigenvalue weighted by Gasteiger charge is 2.30. The molecule has 0 bridgehead atoms. The van der Waals surface area contributed by atoms with Crippen LogP contribution in [0.15, 0.2) is 53.6 Å². The molecule has 2 N–H and O–H groups in total. The quantitative estimate of drug-likeness (QED) is 0.514. The monoisotopic (exact) mass is 400 g/mol. The van der Waals surface area contributed by atoms with Gasteiger partial charge in [0, 0.05) is 34.8 Å². The molecule has 0 fully saturated rings. The molecular formula is C19H11F3N4O3. The molecule has 10 heteroatoms. The second-order valence-electron chi connectivity index (χ2n) is 6.17. The fourth-order valence-corrected chi connectivity index (χ4v) is 2.89. The minimum absolute atomic E-state index is 0.0820.